The van der Waals surface area contributed by atoms with Gasteiger partial charge in [0.25, 0.3) is 5.91 Å². The first kappa shape index (κ1) is 12.8. The van der Waals surface area contributed by atoms with Crippen molar-refractivity contribution in [1.29, 1.82) is 0 Å². The van der Waals surface area contributed by atoms with E-state index in [0.29, 0.717) is 0 Å². The van der Waals surface area contributed by atoms with E-state index in [0.717, 1.165) is 22.3 Å². The van der Waals surface area contributed by atoms with Crippen LogP contribution >= 0.6 is 47.8 Å². The molecular formula is C10H11Br3N2O. The second-order valence-corrected chi connectivity index (χ2v) is 8.98. The highest BCUT2D eigenvalue weighted by Gasteiger charge is 2.67. The summed E-state index contributed by atoms with van der Waals surface area (Å²) >= 11 is 10.4. The van der Waals surface area contributed by atoms with Crippen molar-refractivity contribution < 1.29 is 4.79 Å². The molecule has 1 unspecified atom stereocenters. The molecule has 1 fully saturated rings. The van der Waals surface area contributed by atoms with Crippen LogP contribution in [0.15, 0.2) is 4.47 Å². The van der Waals surface area contributed by atoms with Gasteiger partial charge in [0.05, 0.1) is 24.5 Å². The number of aromatic nitrogens is 2. The minimum Gasteiger partial charge on any atom is -0.272 e. The molecule has 88 valence electrons. The molecule has 0 spiro atoms. The third-order valence-electron chi connectivity index (χ3n) is 3.13. The lowest BCUT2D eigenvalue weighted by Gasteiger charge is -2.12. The fourth-order valence-electron chi connectivity index (χ4n) is 1.69. The molecule has 0 amide bonds. The Morgan fingerprint density at radius 2 is 1.94 bits per heavy atom. The average molecular weight is 415 g/mol. The summed E-state index contributed by atoms with van der Waals surface area (Å²) in [5.41, 5.74) is 1.27. The second-order valence-electron chi connectivity index (χ2n) is 4.42. The number of carbonyl (C=O) groups is 1. The number of nitrogens with zero attached hydrogens (tertiary/aromatic N) is 2. The van der Waals surface area contributed by atoms with Crippen LogP contribution in [0, 0.1) is 19.3 Å². The minimum atomic E-state index is -0.421. The molecule has 6 heteroatoms. The van der Waals surface area contributed by atoms with E-state index in [9.17, 15) is 4.79 Å². The van der Waals surface area contributed by atoms with Gasteiger partial charge in [0.1, 0.15) is 0 Å². The van der Waals surface area contributed by atoms with Crippen molar-refractivity contribution in [2.75, 3.05) is 0 Å². The number of halogens is 3. The van der Waals surface area contributed by atoms with Crippen molar-refractivity contribution in [2.45, 2.75) is 30.4 Å². The van der Waals surface area contributed by atoms with Crippen LogP contribution in [0.25, 0.3) is 0 Å². The Kier molecular flexibility index (Phi) is 2.92. The molecule has 0 aliphatic heterocycles. The first-order chi connectivity index (χ1) is 7.21. The molecule has 0 bridgehead atoms. The van der Waals surface area contributed by atoms with E-state index >= 15 is 0 Å². The number of hydrogen-bond donors (Lipinski definition) is 0. The highest BCUT2D eigenvalue weighted by Crippen LogP contribution is 2.66. The van der Waals surface area contributed by atoms with Crippen molar-refractivity contribution in [3.05, 3.63) is 15.9 Å². The number of aryl methyl sites for hydroxylation is 1. The normalized spacial score (nSPS) is 26.9. The summed E-state index contributed by atoms with van der Waals surface area (Å²) in [4.78, 5) is 12.4. The fourth-order valence-corrected chi connectivity index (χ4v) is 3.39. The minimum absolute atomic E-state index is 0.0209. The lowest BCUT2D eigenvalue weighted by Crippen LogP contribution is -2.26. The fraction of sp³-hybridized carbons (Fsp3) is 0.600. The van der Waals surface area contributed by atoms with Crippen molar-refractivity contribution in [2.24, 2.45) is 5.41 Å². The summed E-state index contributed by atoms with van der Waals surface area (Å²) in [6, 6.07) is 0. The smallest absolute Gasteiger partial charge is 0.255 e. The van der Waals surface area contributed by atoms with E-state index < -0.39 is 5.41 Å². The molecule has 1 atom stereocenters. The molecular weight excluding hydrogens is 404 g/mol. The highest BCUT2D eigenvalue weighted by atomic mass is 79.9. The first-order valence-electron chi connectivity index (χ1n) is 4.85. The first-order valence-corrected chi connectivity index (χ1v) is 7.23. The van der Waals surface area contributed by atoms with Crippen LogP contribution in [0.4, 0.5) is 0 Å². The Morgan fingerprint density at radius 3 is 2.25 bits per heavy atom. The van der Waals surface area contributed by atoms with Gasteiger partial charge in [-0.15, -0.1) is 0 Å². The van der Waals surface area contributed by atoms with Gasteiger partial charge in [-0.05, 0) is 43.1 Å². The molecule has 0 N–H and O–H groups in total. The topological polar surface area (TPSA) is 34.9 Å². The summed E-state index contributed by atoms with van der Waals surface area (Å²) < 4.78 is 2.12. The molecule has 2 rings (SSSR count). The van der Waals surface area contributed by atoms with Gasteiger partial charge in [0, 0.05) is 0 Å². The van der Waals surface area contributed by atoms with Crippen molar-refractivity contribution in [1.82, 2.24) is 9.78 Å². The molecule has 16 heavy (non-hydrogen) atoms. The zero-order chi connectivity index (χ0) is 12.3. The van der Waals surface area contributed by atoms with Gasteiger partial charge in [-0.2, -0.15) is 5.10 Å². The molecule has 1 aromatic heterocycles. The maximum Gasteiger partial charge on any atom is 0.255 e. The van der Waals surface area contributed by atoms with Crippen LogP contribution in [0.1, 0.15) is 29.5 Å². The molecule has 0 aromatic carbocycles. The monoisotopic (exact) mass is 412 g/mol. The zero-order valence-corrected chi connectivity index (χ0v) is 13.9. The van der Waals surface area contributed by atoms with E-state index in [-0.39, 0.29) is 9.14 Å². The van der Waals surface area contributed by atoms with Crippen LogP contribution in [0.2, 0.25) is 0 Å². The van der Waals surface area contributed by atoms with Gasteiger partial charge in [0.15, 0.2) is 0 Å². The van der Waals surface area contributed by atoms with Crippen LogP contribution < -0.4 is 0 Å². The van der Waals surface area contributed by atoms with E-state index in [2.05, 4.69) is 52.9 Å². The van der Waals surface area contributed by atoms with Crippen LogP contribution in [-0.4, -0.2) is 18.9 Å². The lowest BCUT2D eigenvalue weighted by atomic mass is 10.1. The predicted molar refractivity (Wildman–Crippen MR) is 73.3 cm³/mol. The van der Waals surface area contributed by atoms with Gasteiger partial charge < -0.3 is 0 Å². The molecule has 1 aliphatic carbocycles. The van der Waals surface area contributed by atoms with E-state index in [1.807, 2.05) is 20.8 Å². The largest absolute Gasteiger partial charge is 0.272 e. The van der Waals surface area contributed by atoms with Crippen LogP contribution in [0.3, 0.4) is 0 Å². The third-order valence-corrected chi connectivity index (χ3v) is 6.58. The van der Waals surface area contributed by atoms with Gasteiger partial charge >= 0.3 is 0 Å². The molecule has 1 heterocycles. The summed E-state index contributed by atoms with van der Waals surface area (Å²) in [5, 5.41) is 4.26. The number of alkyl halides is 2. The van der Waals surface area contributed by atoms with Crippen molar-refractivity contribution >= 4 is 53.7 Å². The molecule has 3 nitrogen and oxygen atoms in total. The van der Waals surface area contributed by atoms with Crippen LogP contribution in [0.5, 0.6) is 0 Å². The maximum atomic E-state index is 12.4. The van der Waals surface area contributed by atoms with Crippen molar-refractivity contribution in [3.63, 3.8) is 0 Å². The van der Waals surface area contributed by atoms with E-state index in [1.54, 1.807) is 0 Å². The molecule has 0 radical (unpaired) electrons. The third kappa shape index (κ3) is 1.64. The van der Waals surface area contributed by atoms with Gasteiger partial charge in [-0.3, -0.25) is 4.79 Å². The van der Waals surface area contributed by atoms with Crippen LogP contribution in [-0.2, 0) is 0 Å². The van der Waals surface area contributed by atoms with Crippen molar-refractivity contribution in [3.8, 4) is 0 Å². The number of rotatable bonds is 1. The molecule has 1 aromatic rings. The highest BCUT2D eigenvalue weighted by molar-refractivity contribution is 9.25. The SMILES string of the molecule is Cc1nn(C(=O)C2(C)CC2(Br)Br)c(C)c1Br. The van der Waals surface area contributed by atoms with Gasteiger partial charge in [-0.1, -0.05) is 31.9 Å². The summed E-state index contributed by atoms with van der Waals surface area (Å²) in [6.07, 6.45) is 0.773. The lowest BCUT2D eigenvalue weighted by molar-refractivity contribution is 0.0805. The Bertz CT molecular complexity index is 481. The molecule has 0 saturated heterocycles. The average Bonchev–Trinajstić information content (AvgIpc) is 2.61. The maximum absolute atomic E-state index is 12.4. The second kappa shape index (κ2) is 3.65. The zero-order valence-electron chi connectivity index (χ0n) is 9.14. The number of carbonyl (C=O) groups excluding carboxylic acids is 1. The number of hydrogen-bond acceptors (Lipinski definition) is 2. The summed E-state index contributed by atoms with van der Waals surface area (Å²) in [5.74, 6) is 0.0209. The Hall–Kier alpha value is 0.320. The summed E-state index contributed by atoms with van der Waals surface area (Å²) in [7, 11) is 0. The Morgan fingerprint density at radius 1 is 1.44 bits per heavy atom. The standard InChI is InChI=1S/C10H11Br3N2O/c1-5-7(11)6(2)15(14-5)8(16)9(3)4-10(9,12)13/h4H2,1-3H3. The molecule has 1 aliphatic rings. The van der Waals surface area contributed by atoms with Gasteiger partial charge in [0.2, 0.25) is 0 Å². The Labute approximate surface area is 119 Å². The predicted octanol–water partition coefficient (Wildman–Crippen LogP) is 3.80. The van der Waals surface area contributed by atoms with E-state index in [1.165, 1.54) is 4.68 Å². The molecule has 1 saturated carbocycles. The van der Waals surface area contributed by atoms with E-state index in [4.69, 9.17) is 0 Å². The van der Waals surface area contributed by atoms with Gasteiger partial charge in [-0.25, -0.2) is 4.68 Å². The quantitative estimate of drug-likeness (QED) is 0.655. The summed E-state index contributed by atoms with van der Waals surface area (Å²) in [6.45, 7) is 5.70. The Balaban J connectivity index is 2.40.